The molecule has 2 N–H and O–H groups in total. The summed E-state index contributed by atoms with van der Waals surface area (Å²) in [6.45, 7) is 6.63. The Kier molecular flexibility index (Phi) is 9.53. The van der Waals surface area contributed by atoms with Crippen molar-refractivity contribution in [2.24, 2.45) is 4.99 Å². The summed E-state index contributed by atoms with van der Waals surface area (Å²) in [6, 6.07) is 4.00. The second-order valence-electron chi connectivity index (χ2n) is 7.71. The number of pyridine rings is 1. The first kappa shape index (κ1) is 21.8. The number of hydrogen-bond acceptors (Lipinski definition) is 5. The van der Waals surface area contributed by atoms with Crippen LogP contribution in [0.4, 0.5) is 0 Å². The van der Waals surface area contributed by atoms with Crippen LogP contribution in [0.2, 0.25) is 0 Å². The first-order valence-electron chi connectivity index (χ1n) is 11.2. The molecule has 2 aliphatic rings. The maximum Gasteiger partial charge on any atom is 0.213 e. The maximum absolute atomic E-state index is 5.92. The van der Waals surface area contributed by atoms with Crippen LogP contribution in [-0.4, -0.2) is 56.1 Å². The number of guanidine groups is 1. The fourth-order valence-corrected chi connectivity index (χ4v) is 3.63. The molecule has 1 aromatic rings. The molecule has 3 rings (SSSR count). The van der Waals surface area contributed by atoms with E-state index in [4.69, 9.17) is 14.2 Å². The Labute approximate surface area is 174 Å². The molecule has 1 aliphatic heterocycles. The summed E-state index contributed by atoms with van der Waals surface area (Å²) in [6.07, 6.45) is 10.5. The third kappa shape index (κ3) is 8.19. The van der Waals surface area contributed by atoms with Gasteiger partial charge in [-0.15, -0.1) is 0 Å². The molecule has 1 saturated heterocycles. The predicted octanol–water partition coefficient (Wildman–Crippen LogP) is 3.04. The average molecular weight is 405 g/mol. The van der Waals surface area contributed by atoms with Gasteiger partial charge >= 0.3 is 0 Å². The third-order valence-electron chi connectivity index (χ3n) is 5.24. The molecule has 7 nitrogen and oxygen atoms in total. The Bertz CT molecular complexity index is 597. The monoisotopic (exact) mass is 404 g/mol. The van der Waals surface area contributed by atoms with Crippen molar-refractivity contribution in [1.82, 2.24) is 15.6 Å². The molecule has 0 amide bonds. The van der Waals surface area contributed by atoms with Gasteiger partial charge in [0.05, 0.1) is 19.3 Å². The van der Waals surface area contributed by atoms with Gasteiger partial charge in [-0.3, -0.25) is 0 Å². The van der Waals surface area contributed by atoms with Gasteiger partial charge in [-0.25, -0.2) is 9.98 Å². The molecule has 1 aliphatic carbocycles. The minimum atomic E-state index is 0.297. The summed E-state index contributed by atoms with van der Waals surface area (Å²) in [7, 11) is 0. The van der Waals surface area contributed by atoms with Crippen LogP contribution in [0, 0.1) is 0 Å². The lowest BCUT2D eigenvalue weighted by Gasteiger charge is -2.13. The van der Waals surface area contributed by atoms with Crippen molar-refractivity contribution in [3.63, 3.8) is 0 Å². The van der Waals surface area contributed by atoms with Crippen LogP contribution in [0.5, 0.6) is 5.88 Å². The van der Waals surface area contributed by atoms with Crippen LogP contribution in [0.1, 0.15) is 57.4 Å². The number of nitrogens with one attached hydrogen (secondary N) is 2. The smallest absolute Gasteiger partial charge is 0.213 e. The van der Waals surface area contributed by atoms with E-state index in [2.05, 4.69) is 27.5 Å². The Hall–Kier alpha value is -1.86. The molecule has 29 heavy (non-hydrogen) atoms. The highest BCUT2D eigenvalue weighted by Crippen LogP contribution is 2.22. The van der Waals surface area contributed by atoms with E-state index in [0.29, 0.717) is 25.4 Å². The van der Waals surface area contributed by atoms with Crippen LogP contribution >= 0.6 is 0 Å². The lowest BCUT2D eigenvalue weighted by atomic mass is 10.2. The number of nitrogens with zero attached hydrogens (tertiary/aromatic N) is 2. The van der Waals surface area contributed by atoms with Crippen LogP contribution in [-0.2, 0) is 16.0 Å². The van der Waals surface area contributed by atoms with Gasteiger partial charge < -0.3 is 24.8 Å². The molecule has 1 unspecified atom stereocenters. The van der Waals surface area contributed by atoms with E-state index in [1.54, 1.807) is 0 Å². The molecule has 162 valence electrons. The molecule has 7 heteroatoms. The summed E-state index contributed by atoms with van der Waals surface area (Å²) in [5.74, 6) is 1.54. The minimum Gasteiger partial charge on any atom is -0.474 e. The molecule has 0 radical (unpaired) electrons. The van der Waals surface area contributed by atoms with Gasteiger partial charge in [-0.2, -0.15) is 0 Å². The molecule has 1 atom stereocenters. The van der Waals surface area contributed by atoms with Gasteiger partial charge in [0, 0.05) is 38.6 Å². The van der Waals surface area contributed by atoms with Crippen molar-refractivity contribution < 1.29 is 14.2 Å². The molecular formula is C22H36N4O3. The van der Waals surface area contributed by atoms with E-state index in [-0.39, 0.29) is 0 Å². The fourth-order valence-electron chi connectivity index (χ4n) is 3.63. The highest BCUT2D eigenvalue weighted by Gasteiger charge is 2.17. The van der Waals surface area contributed by atoms with Crippen LogP contribution < -0.4 is 15.4 Å². The number of rotatable bonds is 11. The Morgan fingerprint density at radius 2 is 2.10 bits per heavy atom. The molecule has 0 bridgehead atoms. The van der Waals surface area contributed by atoms with Crippen molar-refractivity contribution in [3.8, 4) is 5.88 Å². The van der Waals surface area contributed by atoms with Crippen LogP contribution in [0.15, 0.2) is 23.3 Å². The van der Waals surface area contributed by atoms with Gasteiger partial charge in [0.1, 0.15) is 6.10 Å². The van der Waals surface area contributed by atoms with Crippen LogP contribution in [0.25, 0.3) is 0 Å². The molecule has 1 saturated carbocycles. The molecule has 0 aromatic carbocycles. The van der Waals surface area contributed by atoms with Gasteiger partial charge in [-0.05, 0) is 57.4 Å². The molecule has 0 spiro atoms. The van der Waals surface area contributed by atoms with Gasteiger partial charge in [0.25, 0.3) is 0 Å². The van der Waals surface area contributed by atoms with E-state index in [1.165, 1.54) is 12.8 Å². The molecule has 2 fully saturated rings. The van der Waals surface area contributed by atoms with Crippen molar-refractivity contribution in [2.75, 3.05) is 32.9 Å². The van der Waals surface area contributed by atoms with Gasteiger partial charge in [-0.1, -0.05) is 6.07 Å². The molecule has 2 heterocycles. The van der Waals surface area contributed by atoms with Crippen molar-refractivity contribution in [3.05, 3.63) is 23.9 Å². The van der Waals surface area contributed by atoms with Gasteiger partial charge in [0.15, 0.2) is 5.96 Å². The lowest BCUT2D eigenvalue weighted by molar-refractivity contribution is 0.0168. The summed E-state index contributed by atoms with van der Waals surface area (Å²) in [5.41, 5.74) is 1.07. The Morgan fingerprint density at radius 3 is 2.83 bits per heavy atom. The zero-order valence-electron chi connectivity index (χ0n) is 17.7. The minimum absolute atomic E-state index is 0.297. The number of hydrogen-bond donors (Lipinski definition) is 2. The summed E-state index contributed by atoms with van der Waals surface area (Å²) in [5, 5.41) is 6.64. The largest absolute Gasteiger partial charge is 0.474 e. The summed E-state index contributed by atoms with van der Waals surface area (Å²) >= 11 is 0. The number of aliphatic imine (C=N–C) groups is 1. The summed E-state index contributed by atoms with van der Waals surface area (Å²) in [4.78, 5) is 9.09. The first-order chi connectivity index (χ1) is 14.3. The average Bonchev–Trinajstić information content (AvgIpc) is 3.44. The second-order valence-corrected chi connectivity index (χ2v) is 7.71. The van der Waals surface area contributed by atoms with E-state index in [0.717, 1.165) is 75.8 Å². The van der Waals surface area contributed by atoms with E-state index < -0.39 is 0 Å². The quantitative estimate of drug-likeness (QED) is 0.335. The van der Waals surface area contributed by atoms with Gasteiger partial charge in [0.2, 0.25) is 5.88 Å². The van der Waals surface area contributed by atoms with Crippen LogP contribution in [0.3, 0.4) is 0 Å². The van der Waals surface area contributed by atoms with E-state index in [1.807, 2.05) is 18.3 Å². The highest BCUT2D eigenvalue weighted by molar-refractivity contribution is 5.79. The lowest BCUT2D eigenvalue weighted by Crippen LogP contribution is -2.38. The first-order valence-corrected chi connectivity index (χ1v) is 11.2. The number of ether oxygens (including phenoxy) is 3. The topological polar surface area (TPSA) is 77.0 Å². The zero-order valence-corrected chi connectivity index (χ0v) is 17.7. The second kappa shape index (κ2) is 12.6. The fraction of sp³-hybridized carbons (Fsp3) is 0.727. The van der Waals surface area contributed by atoms with Crippen molar-refractivity contribution in [1.29, 1.82) is 0 Å². The Balaban J connectivity index is 1.34. The summed E-state index contributed by atoms with van der Waals surface area (Å²) < 4.78 is 17.2. The van der Waals surface area contributed by atoms with Crippen molar-refractivity contribution >= 4 is 5.96 Å². The maximum atomic E-state index is 5.92. The predicted molar refractivity (Wildman–Crippen MR) is 114 cm³/mol. The van der Waals surface area contributed by atoms with E-state index >= 15 is 0 Å². The van der Waals surface area contributed by atoms with Crippen molar-refractivity contribution in [2.45, 2.75) is 70.6 Å². The molecule has 1 aromatic heterocycles. The zero-order chi connectivity index (χ0) is 20.2. The highest BCUT2D eigenvalue weighted by atomic mass is 16.5. The third-order valence-corrected chi connectivity index (χ3v) is 5.24. The standard InChI is InChI=1S/C22H36N4O3/c1-2-23-22(24-12-6-13-27-17-20-9-5-14-28-20)26-16-18-10-11-21(25-15-18)29-19-7-3-4-8-19/h10-11,15,19-20H,2-9,12-14,16-17H2,1H3,(H2,23,24,26). The SMILES string of the molecule is CCNC(=NCc1ccc(OC2CCCC2)nc1)NCCCOCC1CCCO1. The van der Waals surface area contributed by atoms with E-state index in [9.17, 15) is 0 Å². The number of aromatic nitrogens is 1. The molecular weight excluding hydrogens is 368 g/mol. The Morgan fingerprint density at radius 1 is 1.21 bits per heavy atom. The normalized spacial score (nSPS) is 20.2.